The first kappa shape index (κ1) is 18.5. The number of halogens is 3. The van der Waals surface area contributed by atoms with Crippen LogP contribution >= 0.6 is 7.82 Å². The van der Waals surface area contributed by atoms with Crippen LogP contribution in [-0.2, 0) is 13.9 Å². The third-order valence-electron chi connectivity index (χ3n) is 2.44. The van der Waals surface area contributed by atoms with E-state index in [2.05, 4.69) is 4.52 Å². The van der Waals surface area contributed by atoms with E-state index in [0.717, 1.165) is 0 Å². The van der Waals surface area contributed by atoms with E-state index in [1.54, 1.807) is 14.1 Å². The van der Waals surface area contributed by atoms with Crippen molar-refractivity contribution in [2.24, 2.45) is 0 Å². The van der Waals surface area contributed by atoms with E-state index >= 15 is 0 Å². The van der Waals surface area contributed by atoms with Crippen molar-refractivity contribution in [2.75, 3.05) is 33.8 Å². The van der Waals surface area contributed by atoms with Gasteiger partial charge in [-0.05, 0) is 0 Å². The van der Waals surface area contributed by atoms with Gasteiger partial charge < -0.3 is 14.3 Å². The number of alkyl halides is 3. The third kappa shape index (κ3) is 10.0. The van der Waals surface area contributed by atoms with Gasteiger partial charge in [-0.25, -0.2) is 4.57 Å². The van der Waals surface area contributed by atoms with E-state index < -0.39 is 26.2 Å². The number of carbonyl (C=O) groups is 1. The number of phosphoric ester groups is 1. The summed E-state index contributed by atoms with van der Waals surface area (Å²) in [4.78, 5) is 27.6. The van der Waals surface area contributed by atoms with Gasteiger partial charge in [0.15, 0.2) is 0 Å². The summed E-state index contributed by atoms with van der Waals surface area (Å²) in [5.74, 6) is -1.76. The summed E-state index contributed by atoms with van der Waals surface area (Å²) in [6.07, 6.45) is -5.35. The summed E-state index contributed by atoms with van der Waals surface area (Å²) in [5, 5.41) is 0. The van der Waals surface area contributed by atoms with Gasteiger partial charge in [-0.2, -0.15) is 13.2 Å². The first-order chi connectivity index (χ1) is 8.33. The Kier molecular flexibility index (Phi) is 6.64. The molecule has 2 N–H and O–H groups in total. The molecular formula is C9H18F3NO5P+. The van der Waals surface area contributed by atoms with Gasteiger partial charge in [0.1, 0.15) is 13.2 Å². The number of carbonyl (C=O) groups excluding carboxylic acids is 1. The SMILES string of the molecule is C[N+](C)(CCCC(=O)C(F)(F)F)CCOP(=O)(O)O. The maximum absolute atomic E-state index is 11.9. The molecule has 0 aliphatic heterocycles. The lowest BCUT2D eigenvalue weighted by Gasteiger charge is -2.29. The molecule has 0 heterocycles. The molecular weight excluding hydrogens is 290 g/mol. The van der Waals surface area contributed by atoms with Crippen LogP contribution in [-0.4, -0.2) is 60.0 Å². The van der Waals surface area contributed by atoms with Gasteiger partial charge in [-0.3, -0.25) is 9.32 Å². The highest BCUT2D eigenvalue weighted by Gasteiger charge is 2.37. The summed E-state index contributed by atoms with van der Waals surface area (Å²) < 4.78 is 50.7. The number of hydrogen-bond donors (Lipinski definition) is 2. The van der Waals surface area contributed by atoms with E-state index in [9.17, 15) is 22.5 Å². The van der Waals surface area contributed by atoms with Crippen molar-refractivity contribution in [3.8, 4) is 0 Å². The lowest BCUT2D eigenvalue weighted by Crippen LogP contribution is -2.43. The van der Waals surface area contributed by atoms with E-state index in [1.807, 2.05) is 0 Å². The van der Waals surface area contributed by atoms with Gasteiger partial charge >= 0.3 is 14.0 Å². The standard InChI is InChI=1S/C9H17F3NO5P/c1-13(2,6-7-18-19(15,16)17)5-3-4-8(14)9(10,11)12/h3-7H2,1-2H3,(H-,15,16,17)/p+1. The molecule has 19 heavy (non-hydrogen) atoms. The van der Waals surface area contributed by atoms with Crippen molar-refractivity contribution >= 4 is 13.6 Å². The molecule has 0 aliphatic carbocycles. The number of rotatable bonds is 8. The summed E-state index contributed by atoms with van der Waals surface area (Å²) in [6.45, 7) is 0.266. The van der Waals surface area contributed by atoms with Crippen LogP contribution in [0.15, 0.2) is 0 Å². The van der Waals surface area contributed by atoms with Crippen LogP contribution in [0.5, 0.6) is 0 Å². The van der Waals surface area contributed by atoms with Crippen molar-refractivity contribution in [1.29, 1.82) is 0 Å². The van der Waals surface area contributed by atoms with Crippen LogP contribution in [0.1, 0.15) is 12.8 Å². The summed E-state index contributed by atoms with van der Waals surface area (Å²) in [5.41, 5.74) is 0. The maximum Gasteiger partial charge on any atom is 0.469 e. The Morgan fingerprint density at radius 3 is 2.21 bits per heavy atom. The van der Waals surface area contributed by atoms with Crippen LogP contribution < -0.4 is 0 Å². The van der Waals surface area contributed by atoms with Crippen molar-refractivity contribution in [1.82, 2.24) is 0 Å². The Bertz CT molecular complexity index is 352. The topological polar surface area (TPSA) is 83.8 Å². The first-order valence-corrected chi connectivity index (χ1v) is 6.99. The Morgan fingerprint density at radius 1 is 1.26 bits per heavy atom. The quantitative estimate of drug-likeness (QED) is 0.518. The predicted molar refractivity (Wildman–Crippen MR) is 60.1 cm³/mol. The summed E-state index contributed by atoms with van der Waals surface area (Å²) in [6, 6.07) is 0. The number of Topliss-reactive ketones (excluding diaryl/α,β-unsaturated/α-hetero) is 1. The minimum absolute atomic E-state index is 0.0429. The van der Waals surface area contributed by atoms with Gasteiger partial charge in [-0.15, -0.1) is 0 Å². The van der Waals surface area contributed by atoms with Crippen LogP contribution in [0.4, 0.5) is 13.2 Å². The Morgan fingerprint density at radius 2 is 1.79 bits per heavy atom. The molecule has 0 radical (unpaired) electrons. The monoisotopic (exact) mass is 308 g/mol. The minimum atomic E-state index is -4.80. The van der Waals surface area contributed by atoms with Crippen LogP contribution in [0.25, 0.3) is 0 Å². The van der Waals surface area contributed by atoms with Gasteiger partial charge in [0.2, 0.25) is 5.78 Å². The molecule has 0 bridgehead atoms. The largest absolute Gasteiger partial charge is 0.469 e. The van der Waals surface area contributed by atoms with Gasteiger partial charge in [0, 0.05) is 12.8 Å². The highest BCUT2D eigenvalue weighted by atomic mass is 31.2. The molecule has 6 nitrogen and oxygen atoms in total. The van der Waals surface area contributed by atoms with E-state index in [-0.39, 0.29) is 30.6 Å². The Labute approximate surface area is 109 Å². The minimum Gasteiger partial charge on any atom is -0.327 e. The van der Waals surface area contributed by atoms with Crippen LogP contribution in [0.2, 0.25) is 0 Å². The number of ketones is 1. The molecule has 10 heteroatoms. The molecule has 0 aromatic rings. The number of phosphoric acid groups is 1. The van der Waals surface area contributed by atoms with Crippen molar-refractivity contribution < 1.29 is 41.3 Å². The van der Waals surface area contributed by atoms with Gasteiger partial charge in [0.25, 0.3) is 0 Å². The zero-order valence-corrected chi connectivity index (χ0v) is 11.6. The molecule has 0 aromatic heterocycles. The van der Waals surface area contributed by atoms with Crippen molar-refractivity contribution in [3.05, 3.63) is 0 Å². The van der Waals surface area contributed by atoms with Crippen LogP contribution in [0, 0.1) is 0 Å². The molecule has 0 atom stereocenters. The molecule has 0 aliphatic rings. The fraction of sp³-hybridized carbons (Fsp3) is 0.889. The van der Waals surface area contributed by atoms with Gasteiger partial charge in [-0.1, -0.05) is 0 Å². The lowest BCUT2D eigenvalue weighted by atomic mass is 10.2. The average molecular weight is 308 g/mol. The smallest absolute Gasteiger partial charge is 0.327 e. The Hall–Kier alpha value is -0.470. The molecule has 0 saturated heterocycles. The number of likely N-dealkylation sites (N-methyl/N-ethyl adjacent to an activating group) is 1. The molecule has 0 amide bonds. The highest BCUT2D eigenvalue weighted by Crippen LogP contribution is 2.35. The van der Waals surface area contributed by atoms with Crippen molar-refractivity contribution in [2.45, 2.75) is 19.0 Å². The third-order valence-corrected chi connectivity index (χ3v) is 2.96. The predicted octanol–water partition coefficient (Wildman–Crippen LogP) is 1.08. The average Bonchev–Trinajstić information content (AvgIpc) is 2.12. The molecule has 114 valence electrons. The molecule has 0 fully saturated rings. The van der Waals surface area contributed by atoms with Crippen LogP contribution in [0.3, 0.4) is 0 Å². The maximum atomic E-state index is 11.9. The summed E-state index contributed by atoms with van der Waals surface area (Å²) >= 11 is 0. The van der Waals surface area contributed by atoms with E-state index in [4.69, 9.17) is 9.79 Å². The molecule has 0 rings (SSSR count). The van der Waals surface area contributed by atoms with E-state index in [1.165, 1.54) is 0 Å². The molecule has 0 unspecified atom stereocenters. The normalized spacial score (nSPS) is 13.6. The lowest BCUT2D eigenvalue weighted by molar-refractivity contribution is -0.890. The zero-order valence-electron chi connectivity index (χ0n) is 10.7. The second-order valence-corrected chi connectivity index (χ2v) is 5.97. The number of hydrogen-bond acceptors (Lipinski definition) is 3. The van der Waals surface area contributed by atoms with E-state index in [0.29, 0.717) is 0 Å². The second-order valence-electron chi connectivity index (χ2n) is 4.73. The van der Waals surface area contributed by atoms with Gasteiger partial charge in [0.05, 0.1) is 20.6 Å². The highest BCUT2D eigenvalue weighted by molar-refractivity contribution is 7.46. The Balaban J connectivity index is 3.98. The number of nitrogens with zero attached hydrogens (tertiary/aromatic N) is 1. The van der Waals surface area contributed by atoms with Crippen molar-refractivity contribution in [3.63, 3.8) is 0 Å². The fourth-order valence-electron chi connectivity index (χ4n) is 1.33. The number of quaternary nitrogens is 1. The fourth-order valence-corrected chi connectivity index (χ4v) is 1.65. The molecule has 0 aromatic carbocycles. The summed E-state index contributed by atoms with van der Waals surface area (Å²) in [7, 11) is -1.19. The molecule has 0 spiro atoms. The zero-order chi connectivity index (χ0) is 15.3. The second kappa shape index (κ2) is 6.81. The first-order valence-electron chi connectivity index (χ1n) is 5.46. The molecule has 0 saturated carbocycles.